The van der Waals surface area contributed by atoms with Gasteiger partial charge < -0.3 is 15.0 Å². The number of alkyl halides is 1. The van der Waals surface area contributed by atoms with Gasteiger partial charge in [-0.3, -0.25) is 4.79 Å². The minimum Gasteiger partial charge on any atom is -0.379 e. The average Bonchev–Trinajstić information content (AvgIpc) is 2.87. The molecule has 3 aliphatic rings. The average molecular weight is 485 g/mol. The topological polar surface area (TPSA) is 65.4 Å². The van der Waals surface area contributed by atoms with Gasteiger partial charge in [-0.15, -0.1) is 0 Å². The Balaban J connectivity index is 1.75. The summed E-state index contributed by atoms with van der Waals surface area (Å²) in [4.78, 5) is 15.2. The lowest BCUT2D eigenvalue weighted by Gasteiger charge is -2.44. The summed E-state index contributed by atoms with van der Waals surface area (Å²) in [5.74, 6) is 1.20. The third kappa shape index (κ3) is 4.86. The number of amides is 1. The molecule has 0 spiro atoms. The standard InChI is InChI=1S/C21H32IN3O2/c1-14-18-12-17(22)6-3-5-15(18)8-10-25(14)21(26)16(13-23)11-19-20(27-2)7-4-9-24-19/h11,14-15,17-20,24H,3-10,12H2,1-2H3/b16-11+. The Hall–Kier alpha value is -0.650. The summed E-state index contributed by atoms with van der Waals surface area (Å²) >= 11 is 2.58. The molecule has 2 aliphatic heterocycles. The molecule has 0 aromatic carbocycles. The minimum absolute atomic E-state index is 0.0275. The van der Waals surface area contributed by atoms with Crippen molar-refractivity contribution in [3.8, 4) is 6.07 Å². The van der Waals surface area contributed by atoms with E-state index in [0.717, 1.165) is 38.3 Å². The van der Waals surface area contributed by atoms with Crippen LogP contribution >= 0.6 is 22.6 Å². The Morgan fingerprint density at radius 1 is 1.30 bits per heavy atom. The first-order valence-electron chi connectivity index (χ1n) is 10.4. The van der Waals surface area contributed by atoms with E-state index >= 15 is 0 Å². The fourth-order valence-corrected chi connectivity index (χ4v) is 6.23. The molecule has 3 rings (SSSR count). The number of carbonyl (C=O) groups excluding carboxylic acids is 1. The van der Waals surface area contributed by atoms with Gasteiger partial charge in [-0.1, -0.05) is 35.4 Å². The van der Waals surface area contributed by atoms with Crippen molar-refractivity contribution in [3.05, 3.63) is 11.6 Å². The SMILES string of the molecule is COC1CCCNC1/C=C(\C#N)C(=O)N1CCC2CCCC(I)CC2C1C. The Morgan fingerprint density at radius 3 is 2.85 bits per heavy atom. The first-order chi connectivity index (χ1) is 13.0. The van der Waals surface area contributed by atoms with Crippen LogP contribution in [0.25, 0.3) is 0 Å². The lowest BCUT2D eigenvalue weighted by Crippen LogP contribution is -2.51. The number of nitrogens with zero attached hydrogens (tertiary/aromatic N) is 2. The summed E-state index contributed by atoms with van der Waals surface area (Å²) in [5.41, 5.74) is 0.265. The van der Waals surface area contributed by atoms with Gasteiger partial charge in [0.05, 0.1) is 12.1 Å². The molecule has 2 saturated heterocycles. The van der Waals surface area contributed by atoms with Gasteiger partial charge in [-0.25, -0.2) is 0 Å². The number of halogens is 1. The predicted octanol–water partition coefficient (Wildman–Crippen LogP) is 3.43. The maximum atomic E-state index is 13.2. The molecule has 1 amide bonds. The Bertz CT molecular complexity index is 603. The lowest BCUT2D eigenvalue weighted by atomic mass is 9.77. The number of carbonyl (C=O) groups is 1. The highest BCUT2D eigenvalue weighted by molar-refractivity contribution is 14.1. The molecule has 0 bridgehead atoms. The molecule has 0 aromatic heterocycles. The molecule has 3 fully saturated rings. The third-order valence-corrected chi connectivity index (χ3v) is 7.92. The molecule has 0 aromatic rings. The number of nitrogens with one attached hydrogen (secondary N) is 1. The second kappa shape index (κ2) is 9.71. The van der Waals surface area contributed by atoms with Crippen molar-refractivity contribution in [2.75, 3.05) is 20.2 Å². The molecular formula is C21H32IN3O2. The van der Waals surface area contributed by atoms with E-state index in [-0.39, 0.29) is 29.7 Å². The van der Waals surface area contributed by atoms with Crippen LogP contribution in [0.2, 0.25) is 0 Å². The fourth-order valence-electron chi connectivity index (χ4n) is 5.20. The van der Waals surface area contributed by atoms with Crippen LogP contribution < -0.4 is 5.32 Å². The highest BCUT2D eigenvalue weighted by Gasteiger charge is 2.40. The van der Waals surface area contributed by atoms with Gasteiger partial charge in [0.2, 0.25) is 0 Å². The molecule has 1 aliphatic carbocycles. The quantitative estimate of drug-likeness (QED) is 0.288. The van der Waals surface area contributed by atoms with E-state index < -0.39 is 0 Å². The molecule has 6 heteroatoms. The Kier molecular flexibility index (Phi) is 7.57. The number of rotatable bonds is 3. The number of likely N-dealkylation sites (tertiary alicyclic amines) is 1. The Labute approximate surface area is 177 Å². The van der Waals surface area contributed by atoms with Crippen molar-refractivity contribution in [2.45, 2.75) is 74.0 Å². The van der Waals surface area contributed by atoms with Crippen LogP contribution in [-0.4, -0.2) is 53.1 Å². The van der Waals surface area contributed by atoms with Crippen LogP contribution in [0.3, 0.4) is 0 Å². The smallest absolute Gasteiger partial charge is 0.264 e. The zero-order valence-corrected chi connectivity index (χ0v) is 18.7. The Morgan fingerprint density at radius 2 is 2.11 bits per heavy atom. The monoisotopic (exact) mass is 485 g/mol. The second-order valence-corrected chi connectivity index (χ2v) is 10.1. The molecule has 2 heterocycles. The first-order valence-corrected chi connectivity index (χ1v) is 11.6. The summed E-state index contributed by atoms with van der Waals surface area (Å²) in [6, 6.07) is 2.32. The third-order valence-electron chi connectivity index (χ3n) is 6.78. The van der Waals surface area contributed by atoms with Crippen LogP contribution in [0.1, 0.15) is 51.9 Å². The molecule has 5 nitrogen and oxygen atoms in total. The van der Waals surface area contributed by atoms with Crippen molar-refractivity contribution in [1.29, 1.82) is 5.26 Å². The van der Waals surface area contributed by atoms with Crippen LogP contribution in [0.15, 0.2) is 11.6 Å². The van der Waals surface area contributed by atoms with Crippen LogP contribution in [-0.2, 0) is 9.53 Å². The fraction of sp³-hybridized carbons (Fsp3) is 0.810. The minimum atomic E-state index is -0.0973. The van der Waals surface area contributed by atoms with E-state index in [1.807, 2.05) is 11.0 Å². The highest BCUT2D eigenvalue weighted by atomic mass is 127. The van der Waals surface area contributed by atoms with Gasteiger partial charge in [0.15, 0.2) is 0 Å². The van der Waals surface area contributed by atoms with E-state index in [1.54, 1.807) is 7.11 Å². The molecule has 1 N–H and O–H groups in total. The summed E-state index contributed by atoms with van der Waals surface area (Å²) in [6.07, 6.45) is 10.0. The van der Waals surface area contributed by atoms with Gasteiger partial charge in [0, 0.05) is 23.6 Å². The predicted molar refractivity (Wildman–Crippen MR) is 115 cm³/mol. The summed E-state index contributed by atoms with van der Waals surface area (Å²) in [5, 5.41) is 13.1. The molecule has 150 valence electrons. The zero-order valence-electron chi connectivity index (χ0n) is 16.5. The van der Waals surface area contributed by atoms with Gasteiger partial charge >= 0.3 is 0 Å². The van der Waals surface area contributed by atoms with E-state index in [9.17, 15) is 10.1 Å². The van der Waals surface area contributed by atoms with Gasteiger partial charge in [0.25, 0.3) is 5.91 Å². The summed E-state index contributed by atoms with van der Waals surface area (Å²) in [6.45, 7) is 3.86. The van der Waals surface area contributed by atoms with Crippen LogP contribution in [0, 0.1) is 23.2 Å². The van der Waals surface area contributed by atoms with Crippen molar-refractivity contribution >= 4 is 28.5 Å². The number of methoxy groups -OCH3 is 1. The maximum absolute atomic E-state index is 13.2. The van der Waals surface area contributed by atoms with E-state index in [1.165, 1.54) is 25.7 Å². The van der Waals surface area contributed by atoms with E-state index in [4.69, 9.17) is 4.74 Å². The molecular weight excluding hydrogens is 453 g/mol. The first kappa shape index (κ1) is 21.1. The number of fused-ring (bicyclic) bond motifs is 1. The van der Waals surface area contributed by atoms with E-state index in [0.29, 0.717) is 9.84 Å². The van der Waals surface area contributed by atoms with Crippen LogP contribution in [0.5, 0.6) is 0 Å². The van der Waals surface area contributed by atoms with E-state index in [2.05, 4.69) is 40.9 Å². The molecule has 27 heavy (non-hydrogen) atoms. The van der Waals surface area contributed by atoms with Gasteiger partial charge in [0.1, 0.15) is 11.6 Å². The number of piperidine rings is 2. The van der Waals surface area contributed by atoms with Crippen molar-refractivity contribution in [1.82, 2.24) is 10.2 Å². The number of nitriles is 1. The van der Waals surface area contributed by atoms with Crippen molar-refractivity contribution < 1.29 is 9.53 Å². The highest BCUT2D eigenvalue weighted by Crippen LogP contribution is 2.41. The molecule has 6 unspecified atom stereocenters. The largest absolute Gasteiger partial charge is 0.379 e. The number of hydrogen-bond donors (Lipinski definition) is 1. The van der Waals surface area contributed by atoms with Crippen molar-refractivity contribution in [3.63, 3.8) is 0 Å². The van der Waals surface area contributed by atoms with Gasteiger partial charge in [-0.2, -0.15) is 5.26 Å². The maximum Gasteiger partial charge on any atom is 0.264 e. The summed E-state index contributed by atoms with van der Waals surface area (Å²) in [7, 11) is 1.70. The lowest BCUT2D eigenvalue weighted by molar-refractivity contribution is -0.132. The molecule has 1 saturated carbocycles. The number of ether oxygens (including phenoxy) is 1. The number of hydrogen-bond acceptors (Lipinski definition) is 4. The summed E-state index contributed by atoms with van der Waals surface area (Å²) < 4.78 is 6.25. The second-order valence-electron chi connectivity index (χ2n) is 8.30. The van der Waals surface area contributed by atoms with Crippen molar-refractivity contribution in [2.24, 2.45) is 11.8 Å². The van der Waals surface area contributed by atoms with Crippen LogP contribution in [0.4, 0.5) is 0 Å². The molecule has 6 atom stereocenters. The molecule has 0 radical (unpaired) electrons. The van der Waals surface area contributed by atoms with Gasteiger partial charge in [-0.05, 0) is 63.5 Å². The normalized spacial score (nSPS) is 37.9. The zero-order chi connectivity index (χ0) is 19.4.